The van der Waals surface area contributed by atoms with E-state index in [4.69, 9.17) is 0 Å². The summed E-state index contributed by atoms with van der Waals surface area (Å²) < 4.78 is 26.4. The molecular weight excluding hydrogens is 342 g/mol. The zero-order valence-electron chi connectivity index (χ0n) is 14.3. The van der Waals surface area contributed by atoms with E-state index in [1.807, 2.05) is 6.92 Å². The number of nitrogens with one attached hydrogen (secondary N) is 1. The van der Waals surface area contributed by atoms with Gasteiger partial charge in [0.15, 0.2) is 0 Å². The monoisotopic (exact) mass is 362 g/mol. The summed E-state index contributed by atoms with van der Waals surface area (Å²) in [7, 11) is 0. The highest BCUT2D eigenvalue weighted by molar-refractivity contribution is 5.96. The van der Waals surface area contributed by atoms with Crippen LogP contribution in [-0.4, -0.2) is 34.9 Å². The summed E-state index contributed by atoms with van der Waals surface area (Å²) in [4.78, 5) is 25.9. The topological polar surface area (TPSA) is 69.6 Å². The van der Waals surface area contributed by atoms with Gasteiger partial charge in [0.05, 0.1) is 6.54 Å². The maximum absolute atomic E-state index is 13.2. The Kier molecular flexibility index (Phi) is 6.66. The molecule has 0 spiro atoms. The van der Waals surface area contributed by atoms with Crippen molar-refractivity contribution in [1.29, 1.82) is 0 Å². The van der Waals surface area contributed by atoms with Gasteiger partial charge in [-0.1, -0.05) is 25.1 Å². The standard InChI is InChI=1S/C19H20F2N2O3/c1-2-7-23(12-13-5-3-4-6-17(13)24)18(25)11-22-19(26)14-8-15(20)10-16(21)9-14/h3-6,8-10,24H,2,7,11-12H2,1H3,(H,22,26). The second kappa shape index (κ2) is 8.94. The predicted molar refractivity (Wildman–Crippen MR) is 92.5 cm³/mol. The summed E-state index contributed by atoms with van der Waals surface area (Å²) in [5.41, 5.74) is 0.394. The molecule has 0 radical (unpaired) electrons. The molecule has 0 heterocycles. The van der Waals surface area contributed by atoms with Crippen molar-refractivity contribution in [1.82, 2.24) is 10.2 Å². The van der Waals surface area contributed by atoms with Crippen LogP contribution in [0.5, 0.6) is 5.75 Å². The molecule has 0 saturated heterocycles. The SMILES string of the molecule is CCCN(Cc1ccccc1O)C(=O)CNC(=O)c1cc(F)cc(F)c1. The molecule has 0 saturated carbocycles. The van der Waals surface area contributed by atoms with Crippen LogP contribution in [0.1, 0.15) is 29.3 Å². The van der Waals surface area contributed by atoms with Crippen molar-refractivity contribution in [2.24, 2.45) is 0 Å². The molecule has 0 bridgehead atoms. The van der Waals surface area contributed by atoms with Crippen molar-refractivity contribution < 1.29 is 23.5 Å². The lowest BCUT2D eigenvalue weighted by molar-refractivity contribution is -0.130. The van der Waals surface area contributed by atoms with E-state index in [0.29, 0.717) is 24.6 Å². The van der Waals surface area contributed by atoms with Crippen LogP contribution in [0.2, 0.25) is 0 Å². The predicted octanol–water partition coefficient (Wildman–Crippen LogP) is 2.84. The van der Waals surface area contributed by atoms with Crippen LogP contribution < -0.4 is 5.32 Å². The van der Waals surface area contributed by atoms with Gasteiger partial charge in [-0.25, -0.2) is 8.78 Å². The first-order chi connectivity index (χ1) is 12.4. The smallest absolute Gasteiger partial charge is 0.251 e. The van der Waals surface area contributed by atoms with Crippen LogP contribution in [0.25, 0.3) is 0 Å². The summed E-state index contributed by atoms with van der Waals surface area (Å²) >= 11 is 0. The number of hydrogen-bond acceptors (Lipinski definition) is 3. The lowest BCUT2D eigenvalue weighted by atomic mass is 10.2. The molecule has 7 heteroatoms. The number of phenolic OH excluding ortho intramolecular Hbond substituents is 1. The lowest BCUT2D eigenvalue weighted by Gasteiger charge is -2.23. The van der Waals surface area contributed by atoms with Gasteiger partial charge in [0, 0.05) is 30.3 Å². The number of phenols is 1. The van der Waals surface area contributed by atoms with Crippen molar-refractivity contribution in [3.05, 3.63) is 65.2 Å². The number of aromatic hydroxyl groups is 1. The Balaban J connectivity index is 2.00. The number of amides is 2. The minimum absolute atomic E-state index is 0.0840. The van der Waals surface area contributed by atoms with Crippen molar-refractivity contribution in [2.45, 2.75) is 19.9 Å². The number of carbonyl (C=O) groups excluding carboxylic acids is 2. The Bertz CT molecular complexity index is 776. The van der Waals surface area contributed by atoms with Crippen LogP contribution in [0.3, 0.4) is 0 Å². The molecule has 0 unspecified atom stereocenters. The lowest BCUT2D eigenvalue weighted by Crippen LogP contribution is -2.40. The minimum Gasteiger partial charge on any atom is -0.508 e. The Labute approximate surface area is 150 Å². The highest BCUT2D eigenvalue weighted by Gasteiger charge is 2.17. The van der Waals surface area contributed by atoms with Crippen molar-refractivity contribution in [3.8, 4) is 5.75 Å². The zero-order chi connectivity index (χ0) is 19.1. The fourth-order valence-corrected chi connectivity index (χ4v) is 2.47. The average molecular weight is 362 g/mol. The molecule has 0 atom stereocenters. The van der Waals surface area contributed by atoms with E-state index < -0.39 is 17.5 Å². The van der Waals surface area contributed by atoms with E-state index in [-0.39, 0.29) is 30.3 Å². The summed E-state index contributed by atoms with van der Waals surface area (Å²) in [6.45, 7) is 2.23. The Morgan fingerprint density at radius 3 is 2.38 bits per heavy atom. The van der Waals surface area contributed by atoms with Crippen LogP contribution in [0, 0.1) is 11.6 Å². The van der Waals surface area contributed by atoms with Gasteiger partial charge in [-0.3, -0.25) is 9.59 Å². The number of carbonyl (C=O) groups is 2. The first-order valence-corrected chi connectivity index (χ1v) is 8.19. The van der Waals surface area contributed by atoms with Crippen LogP contribution in [0.4, 0.5) is 8.78 Å². The summed E-state index contributed by atoms with van der Waals surface area (Å²) in [6.07, 6.45) is 0.697. The fourth-order valence-electron chi connectivity index (χ4n) is 2.47. The molecule has 0 aliphatic heterocycles. The molecule has 2 aromatic rings. The molecule has 0 aromatic heterocycles. The van der Waals surface area contributed by atoms with E-state index in [1.54, 1.807) is 18.2 Å². The van der Waals surface area contributed by atoms with Gasteiger partial charge in [-0.15, -0.1) is 0 Å². The van der Waals surface area contributed by atoms with E-state index >= 15 is 0 Å². The molecule has 2 rings (SSSR count). The molecule has 0 aliphatic rings. The third-order valence-corrected chi connectivity index (χ3v) is 3.72. The number of para-hydroxylation sites is 1. The highest BCUT2D eigenvalue weighted by Crippen LogP contribution is 2.18. The van der Waals surface area contributed by atoms with Gasteiger partial charge in [0.25, 0.3) is 5.91 Å². The van der Waals surface area contributed by atoms with E-state index in [2.05, 4.69) is 5.32 Å². The second-order valence-electron chi connectivity index (χ2n) is 5.78. The Hall–Kier alpha value is -2.96. The molecule has 0 fully saturated rings. The largest absolute Gasteiger partial charge is 0.508 e. The number of benzene rings is 2. The van der Waals surface area contributed by atoms with Gasteiger partial charge in [-0.05, 0) is 24.6 Å². The molecule has 2 N–H and O–H groups in total. The average Bonchev–Trinajstić information content (AvgIpc) is 2.60. The quantitative estimate of drug-likeness (QED) is 0.796. The van der Waals surface area contributed by atoms with Gasteiger partial charge in [-0.2, -0.15) is 0 Å². The second-order valence-corrected chi connectivity index (χ2v) is 5.78. The van der Waals surface area contributed by atoms with Crippen molar-refractivity contribution in [2.75, 3.05) is 13.1 Å². The summed E-state index contributed by atoms with van der Waals surface area (Å²) in [6, 6.07) is 9.14. The Morgan fingerprint density at radius 2 is 1.77 bits per heavy atom. The molecule has 2 amide bonds. The van der Waals surface area contributed by atoms with Crippen LogP contribution in [-0.2, 0) is 11.3 Å². The molecule has 26 heavy (non-hydrogen) atoms. The molecule has 2 aromatic carbocycles. The van der Waals surface area contributed by atoms with Gasteiger partial charge >= 0.3 is 0 Å². The highest BCUT2D eigenvalue weighted by atomic mass is 19.1. The van der Waals surface area contributed by atoms with Crippen molar-refractivity contribution >= 4 is 11.8 Å². The van der Waals surface area contributed by atoms with Gasteiger partial charge in [0.2, 0.25) is 5.91 Å². The van der Waals surface area contributed by atoms with E-state index in [0.717, 1.165) is 12.1 Å². The summed E-state index contributed by atoms with van der Waals surface area (Å²) in [5, 5.41) is 12.2. The third kappa shape index (κ3) is 5.27. The first kappa shape index (κ1) is 19.4. The fraction of sp³-hybridized carbons (Fsp3) is 0.263. The molecule has 5 nitrogen and oxygen atoms in total. The van der Waals surface area contributed by atoms with Crippen molar-refractivity contribution in [3.63, 3.8) is 0 Å². The summed E-state index contributed by atoms with van der Waals surface area (Å²) in [5.74, 6) is -2.75. The number of rotatable bonds is 7. The molecule has 0 aliphatic carbocycles. The molecule has 138 valence electrons. The molecular formula is C19H20F2N2O3. The maximum atomic E-state index is 13.2. The Morgan fingerprint density at radius 1 is 1.12 bits per heavy atom. The first-order valence-electron chi connectivity index (χ1n) is 8.19. The van der Waals surface area contributed by atoms with E-state index in [1.165, 1.54) is 11.0 Å². The van der Waals surface area contributed by atoms with Crippen LogP contribution >= 0.6 is 0 Å². The van der Waals surface area contributed by atoms with Gasteiger partial charge in [0.1, 0.15) is 17.4 Å². The van der Waals surface area contributed by atoms with E-state index in [9.17, 15) is 23.5 Å². The normalized spacial score (nSPS) is 10.4. The third-order valence-electron chi connectivity index (χ3n) is 3.72. The number of halogens is 2. The van der Waals surface area contributed by atoms with Crippen LogP contribution in [0.15, 0.2) is 42.5 Å². The number of nitrogens with zero attached hydrogens (tertiary/aromatic N) is 1. The maximum Gasteiger partial charge on any atom is 0.251 e. The zero-order valence-corrected chi connectivity index (χ0v) is 14.3. The number of hydrogen-bond donors (Lipinski definition) is 2. The van der Waals surface area contributed by atoms with Gasteiger partial charge < -0.3 is 15.3 Å². The minimum atomic E-state index is -0.867.